The van der Waals surface area contributed by atoms with E-state index in [9.17, 15) is 5.26 Å². The van der Waals surface area contributed by atoms with Crippen molar-refractivity contribution in [2.24, 2.45) is 0 Å². The average molecular weight is 340 g/mol. The van der Waals surface area contributed by atoms with Crippen molar-refractivity contribution in [1.29, 1.82) is 5.26 Å². The van der Waals surface area contributed by atoms with E-state index in [0.29, 0.717) is 19.3 Å². The minimum absolute atomic E-state index is 0.329. The zero-order valence-corrected chi connectivity index (χ0v) is 15.0. The SMILES string of the molecule is N#CC1(c2ccc(OC3CCN(C4CCC4)CC3)cc2)CCOCC1. The molecule has 3 fully saturated rings. The Balaban J connectivity index is 1.34. The van der Waals surface area contributed by atoms with Crippen LogP contribution in [-0.4, -0.2) is 43.3 Å². The van der Waals surface area contributed by atoms with Gasteiger partial charge in [0.05, 0.1) is 11.5 Å². The molecule has 25 heavy (non-hydrogen) atoms. The van der Waals surface area contributed by atoms with Crippen molar-refractivity contribution >= 4 is 0 Å². The molecular formula is C21H28N2O2. The van der Waals surface area contributed by atoms with Gasteiger partial charge in [0.15, 0.2) is 0 Å². The quantitative estimate of drug-likeness (QED) is 0.839. The molecule has 134 valence electrons. The zero-order chi connectivity index (χ0) is 17.1. The van der Waals surface area contributed by atoms with E-state index in [1.807, 2.05) is 12.1 Å². The highest BCUT2D eigenvalue weighted by Gasteiger charge is 2.34. The molecule has 0 N–H and O–H groups in total. The summed E-state index contributed by atoms with van der Waals surface area (Å²) in [6, 6.07) is 11.6. The fourth-order valence-corrected chi connectivity index (χ4v) is 4.34. The van der Waals surface area contributed by atoms with Gasteiger partial charge in [0.25, 0.3) is 0 Å². The molecule has 0 atom stereocenters. The summed E-state index contributed by atoms with van der Waals surface area (Å²) < 4.78 is 11.6. The van der Waals surface area contributed by atoms with Crippen LogP contribution >= 0.6 is 0 Å². The first-order chi connectivity index (χ1) is 12.3. The van der Waals surface area contributed by atoms with Crippen LogP contribution in [0.1, 0.15) is 50.5 Å². The molecule has 0 unspecified atom stereocenters. The minimum Gasteiger partial charge on any atom is -0.490 e. The number of nitriles is 1. The number of hydrogen-bond acceptors (Lipinski definition) is 4. The van der Waals surface area contributed by atoms with Gasteiger partial charge in [0.1, 0.15) is 11.9 Å². The Labute approximate surface area is 150 Å². The second-order valence-corrected chi connectivity index (χ2v) is 7.77. The Morgan fingerprint density at radius 3 is 2.28 bits per heavy atom. The van der Waals surface area contributed by atoms with Crippen molar-refractivity contribution in [3.8, 4) is 11.8 Å². The molecule has 0 radical (unpaired) electrons. The molecule has 4 nitrogen and oxygen atoms in total. The van der Waals surface area contributed by atoms with Crippen LogP contribution in [0.25, 0.3) is 0 Å². The van der Waals surface area contributed by atoms with E-state index >= 15 is 0 Å². The maximum atomic E-state index is 9.68. The van der Waals surface area contributed by atoms with Crippen LogP contribution in [0.15, 0.2) is 24.3 Å². The molecule has 0 bridgehead atoms. The van der Waals surface area contributed by atoms with Crippen molar-refractivity contribution in [3.05, 3.63) is 29.8 Å². The topological polar surface area (TPSA) is 45.5 Å². The van der Waals surface area contributed by atoms with E-state index in [-0.39, 0.29) is 5.41 Å². The van der Waals surface area contributed by atoms with Crippen LogP contribution in [0.5, 0.6) is 5.75 Å². The number of benzene rings is 1. The molecule has 1 saturated carbocycles. The summed E-state index contributed by atoms with van der Waals surface area (Å²) >= 11 is 0. The molecule has 0 aromatic heterocycles. The summed E-state index contributed by atoms with van der Waals surface area (Å²) in [6.07, 6.45) is 8.32. The van der Waals surface area contributed by atoms with Gasteiger partial charge in [0, 0.05) is 32.3 Å². The third-order valence-electron chi connectivity index (χ3n) is 6.34. The lowest BCUT2D eigenvalue weighted by Crippen LogP contribution is -2.46. The van der Waals surface area contributed by atoms with Crippen LogP contribution in [0.3, 0.4) is 0 Å². The molecule has 2 aliphatic heterocycles. The van der Waals surface area contributed by atoms with Crippen molar-refractivity contribution in [2.45, 2.75) is 62.5 Å². The van der Waals surface area contributed by atoms with Crippen LogP contribution in [0.4, 0.5) is 0 Å². The smallest absolute Gasteiger partial charge is 0.119 e. The van der Waals surface area contributed by atoms with Gasteiger partial charge in [-0.2, -0.15) is 5.26 Å². The van der Waals surface area contributed by atoms with Crippen molar-refractivity contribution in [2.75, 3.05) is 26.3 Å². The fourth-order valence-electron chi connectivity index (χ4n) is 4.34. The normalized spacial score (nSPS) is 25.1. The van der Waals surface area contributed by atoms with E-state index in [1.165, 1.54) is 32.4 Å². The Hall–Kier alpha value is -1.57. The summed E-state index contributed by atoms with van der Waals surface area (Å²) in [7, 11) is 0. The highest BCUT2D eigenvalue weighted by molar-refractivity contribution is 5.37. The number of nitrogens with zero attached hydrogens (tertiary/aromatic N) is 2. The minimum atomic E-state index is -0.384. The Kier molecular flexibility index (Phi) is 4.96. The standard InChI is InChI=1S/C21H28N2O2/c22-16-21(10-14-24-15-11-21)17-4-6-19(7-5-17)25-20-8-12-23(13-9-20)18-2-1-3-18/h4-7,18,20H,1-3,8-15H2. The van der Waals surface area contributed by atoms with Gasteiger partial charge in [-0.25, -0.2) is 0 Å². The predicted octanol–water partition coefficient (Wildman–Crippen LogP) is 3.65. The first-order valence-electron chi connectivity index (χ1n) is 9.79. The van der Waals surface area contributed by atoms with E-state index in [0.717, 1.165) is 43.0 Å². The number of hydrogen-bond donors (Lipinski definition) is 0. The lowest BCUT2D eigenvalue weighted by molar-refractivity contribution is 0.0493. The zero-order valence-electron chi connectivity index (χ0n) is 15.0. The van der Waals surface area contributed by atoms with Gasteiger partial charge in [-0.1, -0.05) is 18.6 Å². The Morgan fingerprint density at radius 2 is 1.72 bits per heavy atom. The van der Waals surface area contributed by atoms with Crippen LogP contribution in [0, 0.1) is 11.3 Å². The molecule has 0 spiro atoms. The summed E-state index contributed by atoms with van der Waals surface area (Å²) in [6.45, 7) is 3.69. The van der Waals surface area contributed by atoms with Crippen molar-refractivity contribution < 1.29 is 9.47 Å². The number of ether oxygens (including phenoxy) is 2. The highest BCUT2D eigenvalue weighted by Crippen LogP contribution is 2.35. The molecular weight excluding hydrogens is 312 g/mol. The maximum absolute atomic E-state index is 9.68. The van der Waals surface area contributed by atoms with Gasteiger partial charge >= 0.3 is 0 Å². The summed E-state index contributed by atoms with van der Waals surface area (Å²) in [5.41, 5.74) is 0.718. The maximum Gasteiger partial charge on any atom is 0.119 e. The number of piperidine rings is 1. The molecule has 0 amide bonds. The van der Waals surface area contributed by atoms with Crippen LogP contribution in [-0.2, 0) is 10.2 Å². The van der Waals surface area contributed by atoms with E-state index in [4.69, 9.17) is 9.47 Å². The molecule has 1 aromatic carbocycles. The predicted molar refractivity (Wildman–Crippen MR) is 96.6 cm³/mol. The molecule has 3 aliphatic rings. The summed E-state index contributed by atoms with van der Waals surface area (Å²) in [5, 5.41) is 9.68. The third kappa shape index (κ3) is 3.54. The summed E-state index contributed by atoms with van der Waals surface area (Å²) in [4.78, 5) is 2.65. The van der Waals surface area contributed by atoms with E-state index < -0.39 is 0 Å². The molecule has 4 heteroatoms. The average Bonchev–Trinajstić information content (AvgIpc) is 2.63. The Bertz CT molecular complexity index is 604. The second-order valence-electron chi connectivity index (χ2n) is 7.77. The molecule has 1 aliphatic carbocycles. The van der Waals surface area contributed by atoms with Crippen molar-refractivity contribution in [3.63, 3.8) is 0 Å². The third-order valence-corrected chi connectivity index (χ3v) is 6.34. The molecule has 1 aromatic rings. The second kappa shape index (κ2) is 7.35. The molecule has 2 saturated heterocycles. The summed E-state index contributed by atoms with van der Waals surface area (Å²) in [5.74, 6) is 0.936. The lowest BCUT2D eigenvalue weighted by Gasteiger charge is -2.41. The van der Waals surface area contributed by atoms with E-state index in [1.54, 1.807) is 0 Å². The van der Waals surface area contributed by atoms with Crippen LogP contribution < -0.4 is 4.74 Å². The monoisotopic (exact) mass is 340 g/mol. The number of rotatable bonds is 4. The van der Waals surface area contributed by atoms with Crippen molar-refractivity contribution in [1.82, 2.24) is 4.90 Å². The van der Waals surface area contributed by atoms with Gasteiger partial charge in [-0.15, -0.1) is 0 Å². The largest absolute Gasteiger partial charge is 0.490 e. The molecule has 4 rings (SSSR count). The van der Waals surface area contributed by atoms with Gasteiger partial charge < -0.3 is 14.4 Å². The highest BCUT2D eigenvalue weighted by atomic mass is 16.5. The Morgan fingerprint density at radius 1 is 1.04 bits per heavy atom. The first kappa shape index (κ1) is 16.9. The van der Waals surface area contributed by atoms with E-state index in [2.05, 4.69) is 23.1 Å². The first-order valence-corrected chi connectivity index (χ1v) is 9.79. The fraction of sp³-hybridized carbons (Fsp3) is 0.667. The van der Waals surface area contributed by atoms with Gasteiger partial charge in [-0.3, -0.25) is 0 Å². The number of likely N-dealkylation sites (tertiary alicyclic amines) is 1. The van der Waals surface area contributed by atoms with Gasteiger partial charge in [0.2, 0.25) is 0 Å². The molecule has 2 heterocycles. The van der Waals surface area contributed by atoms with Crippen LogP contribution in [0.2, 0.25) is 0 Å². The van der Waals surface area contributed by atoms with Gasteiger partial charge in [-0.05, 0) is 56.2 Å². The lowest BCUT2D eigenvalue weighted by atomic mass is 9.75.